The van der Waals surface area contributed by atoms with E-state index in [4.69, 9.17) is 4.74 Å². The number of halogens is 1. The zero-order chi connectivity index (χ0) is 17.5. The van der Waals surface area contributed by atoms with Gasteiger partial charge in [-0.3, -0.25) is 9.89 Å². The van der Waals surface area contributed by atoms with Gasteiger partial charge in [0.1, 0.15) is 18.2 Å². The zero-order valence-corrected chi connectivity index (χ0v) is 14.3. The number of carbonyl (C=O) groups is 1. The van der Waals surface area contributed by atoms with Crippen LogP contribution in [0, 0.1) is 5.82 Å². The molecule has 0 atom stereocenters. The van der Waals surface area contributed by atoms with E-state index < -0.39 is 0 Å². The van der Waals surface area contributed by atoms with Crippen molar-refractivity contribution >= 4 is 5.91 Å². The smallest absolute Gasteiger partial charge is 0.274 e. The third-order valence-electron chi connectivity index (χ3n) is 3.49. The number of H-pyrrole nitrogens is 1. The summed E-state index contributed by atoms with van der Waals surface area (Å²) in [6, 6.07) is 7.57. The maximum atomic E-state index is 13.1. The molecule has 0 aliphatic rings. The highest BCUT2D eigenvalue weighted by molar-refractivity contribution is 5.92. The minimum absolute atomic E-state index is 0.137. The Hall–Kier alpha value is -2.41. The maximum Gasteiger partial charge on any atom is 0.274 e. The molecule has 0 fully saturated rings. The molecule has 0 unspecified atom stereocenters. The summed E-state index contributed by atoms with van der Waals surface area (Å²) in [7, 11) is 5.76. The molecule has 6 nitrogen and oxygen atoms in total. The van der Waals surface area contributed by atoms with Gasteiger partial charge in [0.2, 0.25) is 0 Å². The zero-order valence-electron chi connectivity index (χ0n) is 14.3. The van der Waals surface area contributed by atoms with Crippen molar-refractivity contribution in [3.63, 3.8) is 0 Å². The first kappa shape index (κ1) is 17.9. The van der Waals surface area contributed by atoms with Gasteiger partial charge in [0.25, 0.3) is 5.91 Å². The Labute approximate surface area is 141 Å². The van der Waals surface area contributed by atoms with E-state index in [1.54, 1.807) is 30.1 Å². The number of carbonyl (C=O) groups excluding carboxylic acids is 1. The first-order valence-corrected chi connectivity index (χ1v) is 7.78. The fourth-order valence-electron chi connectivity index (χ4n) is 2.18. The van der Waals surface area contributed by atoms with Crippen LogP contribution >= 0.6 is 0 Å². The predicted molar refractivity (Wildman–Crippen MR) is 89.5 cm³/mol. The van der Waals surface area contributed by atoms with E-state index in [0.29, 0.717) is 23.7 Å². The summed E-state index contributed by atoms with van der Waals surface area (Å²) in [6.45, 7) is 1.78. The molecule has 2 aromatic rings. The van der Waals surface area contributed by atoms with Gasteiger partial charge >= 0.3 is 0 Å². The average molecular weight is 334 g/mol. The lowest BCUT2D eigenvalue weighted by Crippen LogP contribution is -2.30. The summed E-state index contributed by atoms with van der Waals surface area (Å²) in [4.78, 5) is 16.0. The van der Waals surface area contributed by atoms with Crippen molar-refractivity contribution in [2.75, 3.05) is 34.2 Å². The van der Waals surface area contributed by atoms with E-state index in [1.165, 1.54) is 12.1 Å². The summed E-state index contributed by atoms with van der Waals surface area (Å²) in [6.07, 6.45) is 0.898. The van der Waals surface area contributed by atoms with Crippen molar-refractivity contribution in [1.29, 1.82) is 0 Å². The number of hydrogen-bond donors (Lipinski definition) is 1. The molecule has 7 heteroatoms. The Kier molecular flexibility index (Phi) is 6.31. The van der Waals surface area contributed by atoms with Gasteiger partial charge in [-0.2, -0.15) is 5.10 Å². The molecule has 0 aliphatic carbocycles. The number of aromatic nitrogens is 2. The third kappa shape index (κ3) is 5.34. The second-order valence-electron chi connectivity index (χ2n) is 5.91. The number of nitrogens with one attached hydrogen (secondary N) is 1. The summed E-state index contributed by atoms with van der Waals surface area (Å²) in [5, 5.41) is 6.81. The molecule has 1 heterocycles. The Morgan fingerprint density at radius 2 is 2.04 bits per heavy atom. The summed E-state index contributed by atoms with van der Waals surface area (Å²) >= 11 is 0. The van der Waals surface area contributed by atoms with Crippen LogP contribution in [0.4, 0.5) is 4.39 Å². The lowest BCUT2D eigenvalue weighted by Gasteiger charge is -2.17. The van der Waals surface area contributed by atoms with Gasteiger partial charge in [0.15, 0.2) is 5.69 Å². The Balaban J connectivity index is 1.86. The van der Waals surface area contributed by atoms with E-state index in [1.807, 2.05) is 14.1 Å². The summed E-state index contributed by atoms with van der Waals surface area (Å²) in [5.74, 6) is -0.0624. The molecular formula is C17H23FN4O2. The van der Waals surface area contributed by atoms with E-state index in [2.05, 4.69) is 15.1 Å². The summed E-state index contributed by atoms with van der Waals surface area (Å²) in [5.41, 5.74) is 1.00. The average Bonchev–Trinajstić information content (AvgIpc) is 3.00. The molecule has 0 bridgehead atoms. The standard InChI is InChI=1S/C17H23FN4O2/c1-21(2)8-5-9-22(3)17(23)16-11-14(19-20-16)12-24-15-7-4-6-13(18)10-15/h4,6-7,10-11H,5,8-9,12H2,1-3H3,(H,19,20). The fraction of sp³-hybridized carbons (Fsp3) is 0.412. The molecule has 0 saturated carbocycles. The van der Waals surface area contributed by atoms with E-state index in [9.17, 15) is 9.18 Å². The van der Waals surface area contributed by atoms with Crippen LogP contribution in [0.15, 0.2) is 30.3 Å². The fourth-order valence-corrected chi connectivity index (χ4v) is 2.18. The van der Waals surface area contributed by atoms with Gasteiger partial charge in [-0.05, 0) is 45.3 Å². The molecule has 1 N–H and O–H groups in total. The van der Waals surface area contributed by atoms with Gasteiger partial charge in [0.05, 0.1) is 5.69 Å². The van der Waals surface area contributed by atoms with E-state index in [0.717, 1.165) is 13.0 Å². The Morgan fingerprint density at radius 3 is 2.75 bits per heavy atom. The number of nitrogens with zero attached hydrogens (tertiary/aromatic N) is 3. The van der Waals surface area contributed by atoms with Crippen LogP contribution in [0.25, 0.3) is 0 Å². The van der Waals surface area contributed by atoms with E-state index >= 15 is 0 Å². The SMILES string of the molecule is CN(C)CCCN(C)C(=O)c1cc(COc2cccc(F)c2)[nH]n1. The normalized spacial score (nSPS) is 10.9. The van der Waals surface area contributed by atoms with Crippen LogP contribution in [0.3, 0.4) is 0 Å². The topological polar surface area (TPSA) is 61.5 Å². The minimum atomic E-state index is -0.354. The highest BCUT2D eigenvalue weighted by Gasteiger charge is 2.15. The third-order valence-corrected chi connectivity index (χ3v) is 3.49. The molecule has 1 amide bonds. The maximum absolute atomic E-state index is 13.1. The van der Waals surface area contributed by atoms with Crippen LogP contribution in [0.2, 0.25) is 0 Å². The molecular weight excluding hydrogens is 311 g/mol. The molecule has 2 rings (SSSR count). The van der Waals surface area contributed by atoms with Crippen molar-refractivity contribution in [3.8, 4) is 5.75 Å². The van der Waals surface area contributed by atoms with Gasteiger partial charge in [-0.25, -0.2) is 4.39 Å². The van der Waals surface area contributed by atoms with Crippen LogP contribution in [-0.2, 0) is 6.61 Å². The number of amides is 1. The van der Waals surface area contributed by atoms with Crippen LogP contribution in [0.1, 0.15) is 22.6 Å². The predicted octanol–water partition coefficient (Wildman–Crippen LogP) is 2.15. The number of benzene rings is 1. The highest BCUT2D eigenvalue weighted by atomic mass is 19.1. The molecule has 0 spiro atoms. The number of aromatic amines is 1. The molecule has 1 aromatic carbocycles. The first-order chi connectivity index (χ1) is 11.5. The van der Waals surface area contributed by atoms with Gasteiger partial charge in [0, 0.05) is 19.7 Å². The van der Waals surface area contributed by atoms with Crippen molar-refractivity contribution < 1.29 is 13.9 Å². The van der Waals surface area contributed by atoms with Gasteiger partial charge < -0.3 is 14.5 Å². The van der Waals surface area contributed by atoms with Crippen molar-refractivity contribution in [3.05, 3.63) is 47.5 Å². The molecule has 24 heavy (non-hydrogen) atoms. The second kappa shape index (κ2) is 8.44. The number of ether oxygens (including phenoxy) is 1. The lowest BCUT2D eigenvalue weighted by molar-refractivity contribution is 0.0785. The summed E-state index contributed by atoms with van der Waals surface area (Å²) < 4.78 is 18.6. The molecule has 0 radical (unpaired) electrons. The Morgan fingerprint density at radius 1 is 1.25 bits per heavy atom. The number of rotatable bonds is 8. The molecule has 0 aliphatic heterocycles. The number of hydrogen-bond acceptors (Lipinski definition) is 4. The largest absolute Gasteiger partial charge is 0.487 e. The Bertz CT molecular complexity index is 672. The monoisotopic (exact) mass is 334 g/mol. The molecule has 0 saturated heterocycles. The minimum Gasteiger partial charge on any atom is -0.487 e. The first-order valence-electron chi connectivity index (χ1n) is 7.78. The van der Waals surface area contributed by atoms with Crippen LogP contribution in [-0.4, -0.2) is 60.1 Å². The highest BCUT2D eigenvalue weighted by Crippen LogP contribution is 2.14. The van der Waals surface area contributed by atoms with Crippen molar-refractivity contribution in [1.82, 2.24) is 20.0 Å². The lowest BCUT2D eigenvalue weighted by atomic mass is 10.3. The van der Waals surface area contributed by atoms with Crippen molar-refractivity contribution in [2.45, 2.75) is 13.0 Å². The van der Waals surface area contributed by atoms with Gasteiger partial charge in [-0.1, -0.05) is 6.07 Å². The second-order valence-corrected chi connectivity index (χ2v) is 5.91. The van der Waals surface area contributed by atoms with Crippen molar-refractivity contribution in [2.24, 2.45) is 0 Å². The molecule has 130 valence electrons. The quantitative estimate of drug-likeness (QED) is 0.803. The van der Waals surface area contributed by atoms with E-state index in [-0.39, 0.29) is 18.3 Å². The van der Waals surface area contributed by atoms with Crippen LogP contribution in [0.5, 0.6) is 5.75 Å². The van der Waals surface area contributed by atoms with Gasteiger partial charge in [-0.15, -0.1) is 0 Å². The van der Waals surface area contributed by atoms with Crippen LogP contribution < -0.4 is 4.74 Å². The molecule has 1 aromatic heterocycles.